The molecule has 6 N–H and O–H groups in total. The van der Waals surface area contributed by atoms with E-state index >= 15 is 0 Å². The molecule has 3 aromatic rings. The molecule has 2 heterocycles. The normalized spacial score (nSPS) is 17.0. The van der Waals surface area contributed by atoms with Crippen LogP contribution in [0.3, 0.4) is 0 Å². The third-order valence-electron chi connectivity index (χ3n) is 6.80. The molecule has 0 radical (unpaired) electrons. The number of nitrogens with one attached hydrogen (secondary N) is 2. The second kappa shape index (κ2) is 10.7. The number of nitrogens with two attached hydrogens (primary N) is 2. The Hall–Kier alpha value is -2.66. The highest BCUT2D eigenvalue weighted by atomic mass is 32.2. The van der Waals surface area contributed by atoms with Crippen LogP contribution in [0.15, 0.2) is 41.3 Å². The van der Waals surface area contributed by atoms with Crippen LogP contribution in [0, 0.1) is 5.92 Å². The minimum atomic E-state index is -4.02. The zero-order chi connectivity index (χ0) is 24.1. The average molecular weight is 484 g/mol. The molecule has 1 aromatic heterocycles. The van der Waals surface area contributed by atoms with Crippen LogP contribution in [-0.2, 0) is 16.4 Å². The van der Waals surface area contributed by atoms with Crippen LogP contribution >= 0.6 is 0 Å². The van der Waals surface area contributed by atoms with Gasteiger partial charge in [0.2, 0.25) is 15.8 Å². The molecule has 2 fully saturated rings. The van der Waals surface area contributed by atoms with Crippen molar-refractivity contribution < 1.29 is 8.42 Å². The molecule has 0 unspecified atom stereocenters. The predicted molar refractivity (Wildman–Crippen MR) is 132 cm³/mol. The number of aromatic nitrogens is 4. The van der Waals surface area contributed by atoms with E-state index < -0.39 is 10.0 Å². The van der Waals surface area contributed by atoms with Gasteiger partial charge in [0.25, 0.3) is 0 Å². The van der Waals surface area contributed by atoms with Crippen molar-refractivity contribution in [3.05, 3.63) is 47.5 Å². The number of H-pyrrole nitrogens is 1. The molecular weight excluding hydrogens is 450 g/mol. The Bertz CT molecular complexity index is 1180. The van der Waals surface area contributed by atoms with E-state index in [0.29, 0.717) is 23.8 Å². The minimum absolute atomic E-state index is 0.120. The number of primary sulfonamides is 1. The molecule has 5 rings (SSSR count). The monoisotopic (exact) mass is 483 g/mol. The first-order valence-electron chi connectivity index (χ1n) is 11.8. The Balaban J connectivity index is 0.00000133. The summed E-state index contributed by atoms with van der Waals surface area (Å²) >= 11 is 0. The van der Waals surface area contributed by atoms with Crippen molar-refractivity contribution in [1.29, 1.82) is 0 Å². The van der Waals surface area contributed by atoms with E-state index in [1.807, 2.05) is 24.3 Å². The topological polar surface area (TPSA) is 153 Å². The van der Waals surface area contributed by atoms with Gasteiger partial charge in [-0.15, -0.1) is 10.2 Å². The zero-order valence-corrected chi connectivity index (χ0v) is 20.3. The maximum atomic E-state index is 12.9. The fourth-order valence-electron chi connectivity index (χ4n) is 5.00. The van der Waals surface area contributed by atoms with E-state index in [4.69, 9.17) is 5.14 Å². The number of tetrazole rings is 1. The molecule has 1 saturated heterocycles. The summed E-state index contributed by atoms with van der Waals surface area (Å²) in [6.45, 7) is 1.97. The highest BCUT2D eigenvalue weighted by molar-refractivity contribution is 7.89. The Morgan fingerprint density at radius 3 is 2.26 bits per heavy atom. The first-order valence-corrected chi connectivity index (χ1v) is 13.4. The number of hydrogen-bond acceptors (Lipinski definition) is 7. The van der Waals surface area contributed by atoms with E-state index in [-0.39, 0.29) is 10.7 Å². The van der Waals surface area contributed by atoms with Crippen molar-refractivity contribution in [1.82, 2.24) is 25.9 Å². The highest BCUT2D eigenvalue weighted by Crippen LogP contribution is 2.39. The van der Waals surface area contributed by atoms with E-state index in [1.165, 1.54) is 31.9 Å². The van der Waals surface area contributed by atoms with Gasteiger partial charge in [-0.3, -0.25) is 0 Å². The summed E-state index contributed by atoms with van der Waals surface area (Å²) in [5.41, 5.74) is 8.57. The van der Waals surface area contributed by atoms with Gasteiger partial charge in [-0.05, 0) is 46.9 Å². The summed E-state index contributed by atoms with van der Waals surface area (Å²) in [5, 5.41) is 23.5. The molecule has 2 aromatic carbocycles. The molecule has 0 bridgehead atoms. The van der Waals surface area contributed by atoms with Crippen LogP contribution in [0.1, 0.15) is 49.1 Å². The van der Waals surface area contributed by atoms with Gasteiger partial charge in [-0.1, -0.05) is 68.5 Å². The average Bonchev–Trinajstić information content (AvgIpc) is 3.34. The Labute approximate surface area is 200 Å². The first kappa shape index (κ1) is 24.5. The molecule has 0 amide bonds. The van der Waals surface area contributed by atoms with Gasteiger partial charge in [-0.25, -0.2) is 13.6 Å². The van der Waals surface area contributed by atoms with Crippen molar-refractivity contribution in [3.8, 4) is 22.5 Å². The van der Waals surface area contributed by atoms with Gasteiger partial charge in [0.15, 0.2) is 0 Å². The van der Waals surface area contributed by atoms with Crippen molar-refractivity contribution >= 4 is 10.0 Å². The molecule has 34 heavy (non-hydrogen) atoms. The van der Waals surface area contributed by atoms with E-state index in [0.717, 1.165) is 42.6 Å². The Morgan fingerprint density at radius 1 is 1.00 bits per heavy atom. The van der Waals surface area contributed by atoms with Crippen LogP contribution in [-0.4, -0.2) is 49.2 Å². The zero-order valence-electron chi connectivity index (χ0n) is 19.5. The first-order chi connectivity index (χ1) is 16.5. The molecule has 1 aliphatic carbocycles. The van der Waals surface area contributed by atoms with Crippen LogP contribution in [0.5, 0.6) is 0 Å². The number of hydrogen-bond donors (Lipinski definition) is 4. The number of aromatic amines is 1. The lowest BCUT2D eigenvalue weighted by molar-refractivity contribution is 0.355. The maximum absolute atomic E-state index is 12.9. The molecule has 1 saturated carbocycles. The molecule has 9 nitrogen and oxygen atoms in total. The van der Waals surface area contributed by atoms with Gasteiger partial charge in [0.05, 0.1) is 10.5 Å². The highest BCUT2D eigenvalue weighted by Gasteiger charge is 2.28. The van der Waals surface area contributed by atoms with Crippen LogP contribution in [0.4, 0.5) is 0 Å². The SMILES string of the molecule is CN.NS(=O)(=O)c1c(CC2CCCCC2)ccc(-c2ccc(C3CNC3)cc2)c1-c1nn[nH]n1. The fraction of sp³-hybridized carbons (Fsp3) is 0.458. The molecule has 0 spiro atoms. The summed E-state index contributed by atoms with van der Waals surface area (Å²) in [6.07, 6.45) is 6.53. The largest absolute Gasteiger partial charge is 0.333 e. The molecule has 182 valence electrons. The quantitative estimate of drug-likeness (QED) is 0.420. The molecule has 0 atom stereocenters. The number of benzene rings is 2. The summed E-state index contributed by atoms with van der Waals surface area (Å²) in [5.74, 6) is 1.23. The van der Waals surface area contributed by atoms with E-state index in [9.17, 15) is 8.42 Å². The third-order valence-corrected chi connectivity index (χ3v) is 7.84. The number of sulfonamides is 1. The van der Waals surface area contributed by atoms with Crippen molar-refractivity contribution in [2.24, 2.45) is 16.8 Å². The standard InChI is InChI=1S/C23H28N6O2S.CH5N/c24-32(30,31)22-18(12-15-4-2-1-3-5-15)10-11-20(21(22)23-26-28-29-27-23)17-8-6-16(7-9-17)19-13-25-14-19;1-2/h6-11,15,19,25H,1-5,12-14H2,(H2,24,30,31)(H,26,27,28,29);2H2,1H3. The van der Waals surface area contributed by atoms with Gasteiger partial charge in [0, 0.05) is 19.0 Å². The molecule has 10 heteroatoms. The molecular formula is C24H33N7O2S. The van der Waals surface area contributed by atoms with Crippen LogP contribution in [0.25, 0.3) is 22.5 Å². The van der Waals surface area contributed by atoms with Crippen molar-refractivity contribution in [2.45, 2.75) is 49.3 Å². The minimum Gasteiger partial charge on any atom is -0.333 e. The lowest BCUT2D eigenvalue weighted by Crippen LogP contribution is -2.39. The predicted octanol–water partition coefficient (Wildman–Crippen LogP) is 2.57. The second-order valence-electron chi connectivity index (χ2n) is 8.94. The third kappa shape index (κ3) is 5.20. The maximum Gasteiger partial charge on any atom is 0.239 e. The van der Waals surface area contributed by atoms with Gasteiger partial charge >= 0.3 is 0 Å². The van der Waals surface area contributed by atoms with E-state index in [1.54, 1.807) is 0 Å². The summed E-state index contributed by atoms with van der Waals surface area (Å²) in [7, 11) is -2.52. The van der Waals surface area contributed by atoms with E-state index in [2.05, 4.69) is 43.8 Å². The summed E-state index contributed by atoms with van der Waals surface area (Å²) < 4.78 is 25.7. The summed E-state index contributed by atoms with van der Waals surface area (Å²) in [4.78, 5) is 0.120. The van der Waals surface area contributed by atoms with Gasteiger partial charge in [0.1, 0.15) is 0 Å². The lowest BCUT2D eigenvalue weighted by Gasteiger charge is -2.27. The Kier molecular flexibility index (Phi) is 7.72. The van der Waals surface area contributed by atoms with Gasteiger partial charge in [-0.2, -0.15) is 5.21 Å². The molecule has 1 aliphatic heterocycles. The Morgan fingerprint density at radius 2 is 1.71 bits per heavy atom. The summed E-state index contributed by atoms with van der Waals surface area (Å²) in [6, 6.07) is 12.1. The van der Waals surface area contributed by atoms with Crippen LogP contribution < -0.4 is 16.2 Å². The number of rotatable bonds is 6. The fourth-order valence-corrected chi connectivity index (χ4v) is 6.01. The lowest BCUT2D eigenvalue weighted by atomic mass is 9.84. The van der Waals surface area contributed by atoms with Crippen molar-refractivity contribution in [3.63, 3.8) is 0 Å². The molecule has 2 aliphatic rings. The van der Waals surface area contributed by atoms with Crippen LogP contribution in [0.2, 0.25) is 0 Å². The number of nitrogens with zero attached hydrogens (tertiary/aromatic N) is 3. The van der Waals surface area contributed by atoms with Gasteiger partial charge < -0.3 is 11.1 Å². The van der Waals surface area contributed by atoms with Crippen molar-refractivity contribution in [2.75, 3.05) is 20.1 Å². The second-order valence-corrected chi connectivity index (χ2v) is 10.4. The smallest absolute Gasteiger partial charge is 0.239 e.